The van der Waals surface area contributed by atoms with Crippen molar-refractivity contribution in [3.8, 4) is 11.8 Å². The lowest BCUT2D eigenvalue weighted by molar-refractivity contribution is -0.119. The van der Waals surface area contributed by atoms with Crippen molar-refractivity contribution in [2.75, 3.05) is 7.11 Å². The van der Waals surface area contributed by atoms with Gasteiger partial charge < -0.3 is 15.2 Å². The fourth-order valence-electron chi connectivity index (χ4n) is 4.25. The quantitative estimate of drug-likeness (QED) is 0.830. The van der Waals surface area contributed by atoms with Crippen LogP contribution in [-0.2, 0) is 9.53 Å². The van der Waals surface area contributed by atoms with E-state index in [1.54, 1.807) is 7.11 Å². The first-order valence-corrected chi connectivity index (χ1v) is 9.62. The van der Waals surface area contributed by atoms with Crippen molar-refractivity contribution in [3.63, 3.8) is 0 Å². The summed E-state index contributed by atoms with van der Waals surface area (Å²) in [5.41, 5.74) is 9.72. The summed E-state index contributed by atoms with van der Waals surface area (Å²) in [6, 6.07) is 6.22. The molecule has 1 heterocycles. The van der Waals surface area contributed by atoms with Gasteiger partial charge in [-0.05, 0) is 41.0 Å². The average Bonchev–Trinajstić information content (AvgIpc) is 2.58. The summed E-state index contributed by atoms with van der Waals surface area (Å²) in [5, 5.41) is 9.82. The second-order valence-corrected chi connectivity index (χ2v) is 8.81. The molecule has 0 saturated carbocycles. The van der Waals surface area contributed by atoms with E-state index in [0.717, 1.165) is 22.4 Å². The van der Waals surface area contributed by atoms with Crippen LogP contribution >= 0.6 is 0 Å². The van der Waals surface area contributed by atoms with E-state index in [1.807, 2.05) is 26.8 Å². The molecular formula is C23H28N2O3. The molecule has 1 aliphatic carbocycles. The van der Waals surface area contributed by atoms with Crippen LogP contribution in [0.4, 0.5) is 0 Å². The van der Waals surface area contributed by atoms with E-state index in [4.69, 9.17) is 15.2 Å². The maximum atomic E-state index is 13.1. The molecule has 0 fully saturated rings. The minimum atomic E-state index is -0.499. The highest BCUT2D eigenvalue weighted by Crippen LogP contribution is 2.49. The lowest BCUT2D eigenvalue weighted by Crippen LogP contribution is -2.33. The highest BCUT2D eigenvalue weighted by Gasteiger charge is 2.43. The SMILES string of the molecule is COc1cc(C)c([C@H]2C(C#N)=C(N)OC3=C2C(=O)CC(C)(C)C3)cc1C(C)C. The molecule has 0 amide bonds. The first-order valence-electron chi connectivity index (χ1n) is 9.62. The Balaban J connectivity index is 2.27. The van der Waals surface area contributed by atoms with Crippen molar-refractivity contribution in [1.29, 1.82) is 5.26 Å². The van der Waals surface area contributed by atoms with E-state index in [1.165, 1.54) is 0 Å². The van der Waals surface area contributed by atoms with Crippen LogP contribution in [0.1, 0.15) is 69.1 Å². The van der Waals surface area contributed by atoms with Crippen molar-refractivity contribution >= 4 is 5.78 Å². The zero-order valence-corrected chi connectivity index (χ0v) is 17.5. The van der Waals surface area contributed by atoms with Crippen LogP contribution in [0.15, 0.2) is 34.9 Å². The lowest BCUT2D eigenvalue weighted by atomic mass is 9.69. The monoisotopic (exact) mass is 380 g/mol. The summed E-state index contributed by atoms with van der Waals surface area (Å²) < 4.78 is 11.3. The molecule has 5 heteroatoms. The lowest BCUT2D eigenvalue weighted by Gasteiger charge is -2.37. The van der Waals surface area contributed by atoms with Gasteiger partial charge >= 0.3 is 0 Å². The highest BCUT2D eigenvalue weighted by molar-refractivity contribution is 6.00. The number of nitrogens with zero attached hydrogens (tertiary/aromatic N) is 1. The molecule has 2 aliphatic rings. The number of carbonyl (C=O) groups excluding carboxylic acids is 1. The van der Waals surface area contributed by atoms with Gasteiger partial charge in [-0.15, -0.1) is 0 Å². The largest absolute Gasteiger partial charge is 0.496 e. The Morgan fingerprint density at radius 2 is 2.00 bits per heavy atom. The Morgan fingerprint density at radius 1 is 1.32 bits per heavy atom. The molecule has 5 nitrogen and oxygen atoms in total. The molecule has 0 bridgehead atoms. The third-order valence-corrected chi connectivity index (χ3v) is 5.63. The predicted molar refractivity (Wildman–Crippen MR) is 108 cm³/mol. The molecule has 28 heavy (non-hydrogen) atoms. The second-order valence-electron chi connectivity index (χ2n) is 8.81. The van der Waals surface area contributed by atoms with Crippen LogP contribution in [0, 0.1) is 23.7 Å². The Kier molecular flexibility index (Phi) is 5.01. The normalized spacial score (nSPS) is 21.4. The molecule has 0 radical (unpaired) electrons. The first kappa shape index (κ1) is 20.0. The van der Waals surface area contributed by atoms with Gasteiger partial charge in [0.2, 0.25) is 5.88 Å². The number of benzene rings is 1. The molecular weight excluding hydrogens is 352 g/mol. The topological polar surface area (TPSA) is 85.3 Å². The molecule has 3 rings (SSSR count). The van der Waals surface area contributed by atoms with E-state index in [0.29, 0.717) is 29.7 Å². The molecule has 0 spiro atoms. The molecule has 1 aliphatic heterocycles. The Morgan fingerprint density at radius 3 is 2.57 bits per heavy atom. The van der Waals surface area contributed by atoms with E-state index in [-0.39, 0.29) is 23.0 Å². The van der Waals surface area contributed by atoms with Crippen molar-refractivity contribution in [2.24, 2.45) is 11.1 Å². The number of hydrogen-bond acceptors (Lipinski definition) is 5. The summed E-state index contributed by atoms with van der Waals surface area (Å²) in [4.78, 5) is 13.1. The van der Waals surface area contributed by atoms with Gasteiger partial charge in [-0.3, -0.25) is 4.79 Å². The van der Waals surface area contributed by atoms with E-state index >= 15 is 0 Å². The minimum Gasteiger partial charge on any atom is -0.496 e. The summed E-state index contributed by atoms with van der Waals surface area (Å²) in [6.45, 7) is 10.2. The maximum absolute atomic E-state index is 13.1. The number of ether oxygens (including phenoxy) is 2. The zero-order valence-electron chi connectivity index (χ0n) is 17.5. The number of ketones is 1. The van der Waals surface area contributed by atoms with Gasteiger partial charge in [0.25, 0.3) is 0 Å². The Hall–Kier alpha value is -2.74. The maximum Gasteiger partial charge on any atom is 0.205 e. The summed E-state index contributed by atoms with van der Waals surface area (Å²) in [5.74, 6) is 1.26. The summed E-state index contributed by atoms with van der Waals surface area (Å²) in [7, 11) is 1.65. The molecule has 1 atom stereocenters. The Labute approximate surface area is 166 Å². The summed E-state index contributed by atoms with van der Waals surface area (Å²) >= 11 is 0. The van der Waals surface area contributed by atoms with Crippen molar-refractivity contribution in [1.82, 2.24) is 0 Å². The average molecular weight is 380 g/mol. The van der Waals surface area contributed by atoms with Crippen molar-refractivity contribution in [3.05, 3.63) is 51.6 Å². The van der Waals surface area contributed by atoms with Crippen LogP contribution in [0.2, 0.25) is 0 Å². The third kappa shape index (κ3) is 3.28. The number of allylic oxidation sites excluding steroid dienone is 3. The van der Waals surface area contributed by atoms with E-state index in [9.17, 15) is 10.1 Å². The van der Waals surface area contributed by atoms with Gasteiger partial charge in [0, 0.05) is 18.4 Å². The highest BCUT2D eigenvalue weighted by atomic mass is 16.5. The van der Waals surface area contributed by atoms with Gasteiger partial charge in [-0.2, -0.15) is 5.26 Å². The first-order chi connectivity index (χ1) is 13.1. The number of Topliss-reactive ketones (excluding diaryl/α,β-unsaturated/α-hetero) is 1. The van der Waals surface area contributed by atoms with Crippen LogP contribution in [0.5, 0.6) is 5.75 Å². The molecule has 0 saturated heterocycles. The van der Waals surface area contributed by atoms with Crippen LogP contribution in [0.25, 0.3) is 0 Å². The third-order valence-electron chi connectivity index (χ3n) is 5.63. The van der Waals surface area contributed by atoms with Gasteiger partial charge in [-0.1, -0.05) is 33.8 Å². The number of carbonyl (C=O) groups is 1. The smallest absolute Gasteiger partial charge is 0.205 e. The predicted octanol–water partition coefficient (Wildman–Crippen LogP) is 4.58. The van der Waals surface area contributed by atoms with Gasteiger partial charge in [-0.25, -0.2) is 0 Å². The molecule has 0 aromatic heterocycles. The molecule has 2 N–H and O–H groups in total. The summed E-state index contributed by atoms with van der Waals surface area (Å²) in [6.07, 6.45) is 1.05. The van der Waals surface area contributed by atoms with Crippen LogP contribution in [-0.4, -0.2) is 12.9 Å². The molecule has 0 unspecified atom stereocenters. The molecule has 1 aromatic carbocycles. The minimum absolute atomic E-state index is 0.0258. The molecule has 148 valence electrons. The zero-order chi connectivity index (χ0) is 20.8. The van der Waals surface area contributed by atoms with E-state index < -0.39 is 5.92 Å². The fourth-order valence-corrected chi connectivity index (χ4v) is 4.25. The van der Waals surface area contributed by atoms with Gasteiger partial charge in [0.1, 0.15) is 23.2 Å². The number of hydrogen-bond donors (Lipinski definition) is 1. The van der Waals surface area contributed by atoms with Crippen LogP contribution in [0.3, 0.4) is 0 Å². The van der Waals surface area contributed by atoms with Gasteiger partial charge in [0.05, 0.1) is 13.0 Å². The number of rotatable bonds is 3. The second kappa shape index (κ2) is 7.01. The number of nitrogens with two attached hydrogens (primary N) is 1. The van der Waals surface area contributed by atoms with Gasteiger partial charge in [0.15, 0.2) is 5.78 Å². The van der Waals surface area contributed by atoms with Crippen molar-refractivity contribution < 1.29 is 14.3 Å². The van der Waals surface area contributed by atoms with Crippen molar-refractivity contribution in [2.45, 2.75) is 59.3 Å². The van der Waals surface area contributed by atoms with E-state index in [2.05, 4.69) is 26.0 Å². The number of aryl methyl sites for hydroxylation is 1. The number of nitriles is 1. The Bertz CT molecular complexity index is 945. The molecule has 1 aromatic rings. The van der Waals surface area contributed by atoms with Crippen LogP contribution < -0.4 is 10.5 Å². The standard InChI is InChI=1S/C23H28N2O3/c1-12(2)14-8-15(13(3)7-18(14)27-6)20-16(11-24)22(25)28-19-10-23(4,5)9-17(26)21(19)20/h7-8,12,20H,9-10,25H2,1-6H3/t20-/m0/s1. The fraction of sp³-hybridized carbons (Fsp3) is 0.478. The number of methoxy groups -OCH3 is 1.